The van der Waals surface area contributed by atoms with Gasteiger partial charge in [0.15, 0.2) is 29.0 Å². The Kier molecular flexibility index (Phi) is 9.60. The summed E-state index contributed by atoms with van der Waals surface area (Å²) in [6.07, 6.45) is 0. The first-order valence-corrected chi connectivity index (χ1v) is 10.1. The van der Waals surface area contributed by atoms with Crippen LogP contribution in [-0.2, 0) is 16.1 Å². The van der Waals surface area contributed by atoms with E-state index in [1.165, 1.54) is 12.1 Å². The Labute approximate surface area is 192 Å². The topological polar surface area (TPSA) is 79.9 Å². The molecule has 2 N–H and O–H groups in total. The summed E-state index contributed by atoms with van der Waals surface area (Å²) in [7, 11) is 1.63. The zero-order valence-corrected chi connectivity index (χ0v) is 18.6. The molecule has 2 aromatic carbocycles. The van der Waals surface area contributed by atoms with Crippen molar-refractivity contribution in [3.05, 3.63) is 53.3 Å². The summed E-state index contributed by atoms with van der Waals surface area (Å²) in [4.78, 5) is 26.0. The average molecular weight is 489 g/mol. The van der Waals surface area contributed by atoms with E-state index in [0.29, 0.717) is 11.6 Å². The molecule has 2 amide bonds. The van der Waals surface area contributed by atoms with Gasteiger partial charge >= 0.3 is 6.61 Å². The Morgan fingerprint density at radius 1 is 1.06 bits per heavy atom. The molecule has 1 atom stereocenters. The fourth-order valence-corrected chi connectivity index (χ4v) is 2.87. The van der Waals surface area contributed by atoms with E-state index in [9.17, 15) is 31.5 Å². The molecule has 0 saturated heterocycles. The molecule has 12 heteroatoms. The van der Waals surface area contributed by atoms with Crippen molar-refractivity contribution in [1.82, 2.24) is 10.2 Å². The van der Waals surface area contributed by atoms with Crippen LogP contribution in [0.2, 0.25) is 0 Å². The van der Waals surface area contributed by atoms with E-state index in [1.807, 2.05) is 0 Å². The maximum absolute atomic E-state index is 13.6. The van der Waals surface area contributed by atoms with Crippen molar-refractivity contribution >= 4 is 17.5 Å². The van der Waals surface area contributed by atoms with Gasteiger partial charge in [0, 0.05) is 6.54 Å². The fourth-order valence-electron chi connectivity index (χ4n) is 2.87. The van der Waals surface area contributed by atoms with Crippen LogP contribution in [0.4, 0.5) is 27.6 Å². The number of nitrogens with one attached hydrogen (secondary N) is 2. The molecule has 0 saturated carbocycles. The van der Waals surface area contributed by atoms with Crippen molar-refractivity contribution in [2.75, 3.05) is 25.5 Å². The molecule has 0 spiro atoms. The van der Waals surface area contributed by atoms with Gasteiger partial charge in [-0.15, -0.1) is 0 Å². The standard InChI is InChI=1S/C22H24F5N3O4/c1-4-33-17-9-13(5-8-16(17)34-22(26)27)11-30(3)12(2)21(32)28-10-18(31)29-15-7-6-14(23)19(24)20(15)25/h5-9,12,22H,4,10-11H2,1-3H3,(H,28,32)(H,29,31). The van der Waals surface area contributed by atoms with Crippen LogP contribution in [0.25, 0.3) is 0 Å². The van der Waals surface area contributed by atoms with Gasteiger partial charge < -0.3 is 20.1 Å². The maximum atomic E-state index is 13.6. The Bertz CT molecular complexity index is 1020. The van der Waals surface area contributed by atoms with Crippen molar-refractivity contribution < 1.29 is 41.0 Å². The third-order valence-corrected chi connectivity index (χ3v) is 4.73. The quantitative estimate of drug-likeness (QED) is 0.372. The fraction of sp³-hybridized carbons (Fsp3) is 0.364. The third-order valence-electron chi connectivity index (χ3n) is 4.73. The summed E-state index contributed by atoms with van der Waals surface area (Å²) in [5.41, 5.74) is 0.0893. The molecule has 0 heterocycles. The van der Waals surface area contributed by atoms with Crippen LogP contribution in [0.5, 0.6) is 11.5 Å². The predicted octanol–water partition coefficient (Wildman–Crippen LogP) is 3.68. The van der Waals surface area contributed by atoms with Crippen LogP contribution < -0.4 is 20.1 Å². The molecule has 0 aliphatic carbocycles. The van der Waals surface area contributed by atoms with Crippen molar-refractivity contribution in [3.63, 3.8) is 0 Å². The molecular weight excluding hydrogens is 465 g/mol. The second-order valence-corrected chi connectivity index (χ2v) is 7.17. The molecule has 2 aromatic rings. The zero-order chi connectivity index (χ0) is 25.4. The first-order valence-electron chi connectivity index (χ1n) is 10.1. The van der Waals surface area contributed by atoms with Gasteiger partial charge in [0.1, 0.15) is 0 Å². The largest absolute Gasteiger partial charge is 0.490 e. The number of ether oxygens (including phenoxy) is 2. The number of hydrogen-bond donors (Lipinski definition) is 2. The Morgan fingerprint density at radius 2 is 1.76 bits per heavy atom. The molecule has 7 nitrogen and oxygen atoms in total. The van der Waals surface area contributed by atoms with Gasteiger partial charge in [-0.05, 0) is 50.7 Å². The van der Waals surface area contributed by atoms with Crippen LogP contribution in [0.3, 0.4) is 0 Å². The van der Waals surface area contributed by atoms with Crippen molar-refractivity contribution in [2.45, 2.75) is 33.0 Å². The van der Waals surface area contributed by atoms with Crippen LogP contribution in [0.15, 0.2) is 30.3 Å². The first kappa shape index (κ1) is 26.8. The highest BCUT2D eigenvalue weighted by Gasteiger charge is 2.21. The summed E-state index contributed by atoms with van der Waals surface area (Å²) in [5.74, 6) is -6.03. The summed E-state index contributed by atoms with van der Waals surface area (Å²) < 4.78 is 74.7. The molecule has 2 rings (SSSR count). The molecule has 1 unspecified atom stereocenters. The zero-order valence-electron chi connectivity index (χ0n) is 18.6. The number of halogens is 5. The third kappa shape index (κ3) is 7.30. The van der Waals surface area contributed by atoms with Crippen LogP contribution in [0, 0.1) is 17.5 Å². The lowest BCUT2D eigenvalue weighted by atomic mass is 10.1. The van der Waals surface area contributed by atoms with Gasteiger partial charge in [0.25, 0.3) is 0 Å². The monoisotopic (exact) mass is 489 g/mol. The number of hydrogen-bond acceptors (Lipinski definition) is 5. The highest BCUT2D eigenvalue weighted by molar-refractivity contribution is 5.95. The smallest absolute Gasteiger partial charge is 0.387 e. The van der Waals surface area contributed by atoms with Crippen LogP contribution in [0.1, 0.15) is 19.4 Å². The van der Waals surface area contributed by atoms with Gasteiger partial charge in [-0.2, -0.15) is 8.78 Å². The molecule has 0 fully saturated rings. The molecular formula is C22H24F5N3O4. The van der Waals surface area contributed by atoms with E-state index in [0.717, 1.165) is 6.07 Å². The maximum Gasteiger partial charge on any atom is 0.387 e. The number of nitrogens with zero attached hydrogens (tertiary/aromatic N) is 1. The second kappa shape index (κ2) is 12.2. The Morgan fingerprint density at radius 3 is 2.41 bits per heavy atom. The van der Waals surface area contributed by atoms with Gasteiger partial charge in [-0.1, -0.05) is 6.07 Å². The minimum atomic E-state index is -3.01. The highest BCUT2D eigenvalue weighted by atomic mass is 19.3. The molecule has 0 aliphatic heterocycles. The predicted molar refractivity (Wildman–Crippen MR) is 113 cm³/mol. The van der Waals surface area contributed by atoms with E-state index in [-0.39, 0.29) is 24.7 Å². The van der Waals surface area contributed by atoms with Crippen molar-refractivity contribution in [2.24, 2.45) is 0 Å². The number of anilines is 1. The highest BCUT2D eigenvalue weighted by Crippen LogP contribution is 2.30. The minimum Gasteiger partial charge on any atom is -0.490 e. The number of amides is 2. The Hall–Kier alpha value is -3.41. The van der Waals surface area contributed by atoms with E-state index in [2.05, 4.69) is 15.4 Å². The van der Waals surface area contributed by atoms with Gasteiger partial charge in [-0.25, -0.2) is 13.2 Å². The molecule has 34 heavy (non-hydrogen) atoms. The van der Waals surface area contributed by atoms with Crippen LogP contribution in [-0.4, -0.2) is 49.6 Å². The number of carbonyl (C=O) groups is 2. The van der Waals surface area contributed by atoms with E-state index < -0.39 is 54.2 Å². The van der Waals surface area contributed by atoms with Gasteiger partial charge in [-0.3, -0.25) is 14.5 Å². The summed E-state index contributed by atoms with van der Waals surface area (Å²) in [6, 6.07) is 5.20. The number of benzene rings is 2. The Balaban J connectivity index is 1.93. The lowest BCUT2D eigenvalue weighted by Gasteiger charge is -2.24. The van der Waals surface area contributed by atoms with E-state index in [4.69, 9.17) is 4.74 Å². The van der Waals surface area contributed by atoms with Crippen LogP contribution >= 0.6 is 0 Å². The minimum absolute atomic E-state index is 0.113. The molecule has 186 valence electrons. The summed E-state index contributed by atoms with van der Waals surface area (Å²) in [5, 5.41) is 4.42. The lowest BCUT2D eigenvalue weighted by molar-refractivity contribution is -0.127. The SMILES string of the molecule is CCOc1cc(CN(C)C(C)C(=O)NCC(=O)Nc2ccc(F)c(F)c2F)ccc1OC(F)F. The van der Waals surface area contributed by atoms with Gasteiger partial charge in [0.2, 0.25) is 11.8 Å². The second-order valence-electron chi connectivity index (χ2n) is 7.17. The number of alkyl halides is 2. The lowest BCUT2D eigenvalue weighted by Crippen LogP contribution is -2.45. The van der Waals surface area contributed by atoms with E-state index >= 15 is 0 Å². The molecule has 0 aromatic heterocycles. The number of rotatable bonds is 11. The number of likely N-dealkylation sites (N-methyl/N-ethyl adjacent to an activating group) is 1. The van der Waals surface area contributed by atoms with E-state index in [1.54, 1.807) is 31.9 Å². The molecule has 0 bridgehead atoms. The van der Waals surface area contributed by atoms with Crippen molar-refractivity contribution in [3.8, 4) is 11.5 Å². The molecule has 0 radical (unpaired) electrons. The average Bonchev–Trinajstić information content (AvgIpc) is 2.79. The first-order chi connectivity index (χ1) is 16.0. The van der Waals surface area contributed by atoms with Crippen molar-refractivity contribution in [1.29, 1.82) is 0 Å². The molecule has 0 aliphatic rings. The summed E-state index contributed by atoms with van der Waals surface area (Å²) in [6.45, 7) is 0.176. The number of carbonyl (C=O) groups excluding carboxylic acids is 2. The normalized spacial score (nSPS) is 11.9. The van der Waals surface area contributed by atoms with Gasteiger partial charge in [0.05, 0.1) is 24.9 Å². The summed E-state index contributed by atoms with van der Waals surface area (Å²) >= 11 is 0.